The number of benzene rings is 1. The number of hydrogen-bond acceptors (Lipinski definition) is 4. The fourth-order valence-electron chi connectivity index (χ4n) is 4.86. The summed E-state index contributed by atoms with van der Waals surface area (Å²) in [6.45, 7) is 5.77. The highest BCUT2D eigenvalue weighted by Gasteiger charge is 2.56. The summed E-state index contributed by atoms with van der Waals surface area (Å²) in [6, 6.07) is 10.6. The van der Waals surface area contributed by atoms with Crippen molar-refractivity contribution in [1.82, 2.24) is 9.80 Å². The normalized spacial score (nSPS) is 22.4. The number of carbonyl (C=O) groups excluding carboxylic acids is 2. The van der Waals surface area contributed by atoms with Gasteiger partial charge < -0.3 is 14.5 Å². The Bertz CT molecular complexity index is 638. The van der Waals surface area contributed by atoms with Crippen molar-refractivity contribution in [2.24, 2.45) is 5.92 Å². The van der Waals surface area contributed by atoms with Crippen LogP contribution in [0.2, 0.25) is 0 Å². The van der Waals surface area contributed by atoms with E-state index in [0.717, 1.165) is 58.3 Å². The molecule has 0 aromatic heterocycles. The quantitative estimate of drug-likeness (QED) is 0.691. The molecule has 1 spiro atoms. The number of aryl methyl sites for hydroxylation is 1. The monoisotopic (exact) mass is 372 g/mol. The lowest BCUT2D eigenvalue weighted by molar-refractivity contribution is -0.150. The number of esters is 1. The number of methoxy groups -OCH3 is 1. The van der Waals surface area contributed by atoms with Crippen molar-refractivity contribution in [2.45, 2.75) is 51.0 Å². The molecule has 0 saturated carbocycles. The molecule has 27 heavy (non-hydrogen) atoms. The van der Waals surface area contributed by atoms with Gasteiger partial charge in [-0.3, -0.25) is 9.59 Å². The fourth-order valence-corrected chi connectivity index (χ4v) is 4.86. The minimum Gasteiger partial charge on any atom is -0.469 e. The molecule has 0 radical (unpaired) electrons. The Morgan fingerprint density at radius 2 is 1.89 bits per heavy atom. The Balaban J connectivity index is 1.60. The van der Waals surface area contributed by atoms with Gasteiger partial charge >= 0.3 is 5.97 Å². The van der Waals surface area contributed by atoms with E-state index in [-0.39, 0.29) is 23.3 Å². The lowest BCUT2D eigenvalue weighted by atomic mass is 9.76. The number of likely N-dealkylation sites (tertiary alicyclic amines) is 2. The molecule has 5 nitrogen and oxygen atoms in total. The third-order valence-corrected chi connectivity index (χ3v) is 6.30. The molecule has 2 heterocycles. The summed E-state index contributed by atoms with van der Waals surface area (Å²) in [5, 5.41) is 0. The maximum Gasteiger partial charge on any atom is 0.311 e. The van der Waals surface area contributed by atoms with Crippen LogP contribution >= 0.6 is 0 Å². The van der Waals surface area contributed by atoms with Crippen LogP contribution in [0.4, 0.5) is 0 Å². The molecular weight excluding hydrogens is 340 g/mol. The number of piperidine rings is 1. The second kappa shape index (κ2) is 8.87. The first-order valence-corrected chi connectivity index (χ1v) is 10.3. The zero-order chi connectivity index (χ0) is 19.3. The molecule has 148 valence electrons. The maximum atomic E-state index is 12.6. The van der Waals surface area contributed by atoms with Crippen LogP contribution in [0.25, 0.3) is 0 Å². The van der Waals surface area contributed by atoms with E-state index < -0.39 is 0 Å². The Labute approximate surface area is 162 Å². The van der Waals surface area contributed by atoms with Crippen LogP contribution in [0.5, 0.6) is 0 Å². The van der Waals surface area contributed by atoms with Crippen LogP contribution in [0.1, 0.15) is 44.6 Å². The van der Waals surface area contributed by atoms with E-state index >= 15 is 0 Å². The minimum absolute atomic E-state index is 0.116. The van der Waals surface area contributed by atoms with Gasteiger partial charge in [-0.25, -0.2) is 0 Å². The number of hydrogen-bond donors (Lipinski definition) is 0. The van der Waals surface area contributed by atoms with Gasteiger partial charge in [0.05, 0.1) is 18.6 Å². The van der Waals surface area contributed by atoms with E-state index in [0.29, 0.717) is 6.42 Å². The van der Waals surface area contributed by atoms with Gasteiger partial charge in [0.2, 0.25) is 5.91 Å². The van der Waals surface area contributed by atoms with Crippen LogP contribution in [0.3, 0.4) is 0 Å². The van der Waals surface area contributed by atoms with Crippen molar-refractivity contribution >= 4 is 11.9 Å². The van der Waals surface area contributed by atoms with E-state index in [1.165, 1.54) is 12.7 Å². The SMILES string of the molecule is CCCN1C(=O)CC(C(=O)OC)C12CCN(CCCc1ccccc1)CC2. The van der Waals surface area contributed by atoms with Crippen LogP contribution in [-0.4, -0.2) is 60.5 Å². The molecule has 1 aromatic carbocycles. The van der Waals surface area contributed by atoms with Gasteiger partial charge in [0.1, 0.15) is 0 Å². The molecule has 2 aliphatic rings. The average Bonchev–Trinajstić information content (AvgIpc) is 2.96. The van der Waals surface area contributed by atoms with Gasteiger partial charge in [-0.2, -0.15) is 0 Å². The molecule has 1 aromatic rings. The molecule has 1 atom stereocenters. The fraction of sp³-hybridized carbons (Fsp3) is 0.636. The first-order valence-electron chi connectivity index (χ1n) is 10.3. The van der Waals surface area contributed by atoms with Gasteiger partial charge in [-0.1, -0.05) is 37.3 Å². The molecule has 0 N–H and O–H groups in total. The third-order valence-electron chi connectivity index (χ3n) is 6.30. The number of rotatable bonds is 7. The summed E-state index contributed by atoms with van der Waals surface area (Å²) < 4.78 is 5.05. The number of nitrogens with zero attached hydrogens (tertiary/aromatic N) is 2. The van der Waals surface area contributed by atoms with Gasteiger partial charge in [0.25, 0.3) is 0 Å². The Morgan fingerprint density at radius 3 is 2.52 bits per heavy atom. The summed E-state index contributed by atoms with van der Waals surface area (Å²) in [6.07, 6.45) is 5.18. The van der Waals surface area contributed by atoms with Crippen LogP contribution in [-0.2, 0) is 20.7 Å². The molecular formula is C22H32N2O3. The number of ether oxygens (including phenoxy) is 1. The molecule has 2 aliphatic heterocycles. The number of carbonyl (C=O) groups is 2. The van der Waals surface area contributed by atoms with Crippen LogP contribution in [0.15, 0.2) is 30.3 Å². The second-order valence-corrected chi connectivity index (χ2v) is 7.86. The predicted octanol–water partition coefficient (Wildman–Crippen LogP) is 2.89. The molecule has 1 amide bonds. The minimum atomic E-state index is -0.337. The summed E-state index contributed by atoms with van der Waals surface area (Å²) in [4.78, 5) is 29.4. The van der Waals surface area contributed by atoms with E-state index in [9.17, 15) is 9.59 Å². The first kappa shape index (κ1) is 19.9. The molecule has 5 heteroatoms. The van der Waals surface area contributed by atoms with Crippen LogP contribution in [0, 0.1) is 5.92 Å². The smallest absolute Gasteiger partial charge is 0.311 e. The van der Waals surface area contributed by atoms with Gasteiger partial charge in [-0.15, -0.1) is 0 Å². The second-order valence-electron chi connectivity index (χ2n) is 7.86. The van der Waals surface area contributed by atoms with Crippen LogP contribution < -0.4 is 0 Å². The molecule has 0 bridgehead atoms. The van der Waals surface area contributed by atoms with E-state index in [2.05, 4.69) is 42.2 Å². The summed E-state index contributed by atoms with van der Waals surface area (Å²) in [7, 11) is 1.43. The zero-order valence-electron chi connectivity index (χ0n) is 16.7. The largest absolute Gasteiger partial charge is 0.469 e. The highest BCUT2D eigenvalue weighted by molar-refractivity contribution is 5.89. The van der Waals surface area contributed by atoms with Crippen molar-refractivity contribution < 1.29 is 14.3 Å². The van der Waals surface area contributed by atoms with E-state index in [4.69, 9.17) is 4.74 Å². The summed E-state index contributed by atoms with van der Waals surface area (Å²) in [5.41, 5.74) is 1.04. The van der Waals surface area contributed by atoms with Crippen molar-refractivity contribution in [3.63, 3.8) is 0 Å². The molecule has 1 unspecified atom stereocenters. The zero-order valence-corrected chi connectivity index (χ0v) is 16.7. The Hall–Kier alpha value is -1.88. The highest BCUT2D eigenvalue weighted by Crippen LogP contribution is 2.44. The lowest BCUT2D eigenvalue weighted by Gasteiger charge is -2.47. The van der Waals surface area contributed by atoms with Crippen molar-refractivity contribution in [3.05, 3.63) is 35.9 Å². The van der Waals surface area contributed by atoms with Gasteiger partial charge in [0.15, 0.2) is 0 Å². The first-order chi connectivity index (χ1) is 13.1. The third kappa shape index (κ3) is 4.18. The highest BCUT2D eigenvalue weighted by atomic mass is 16.5. The lowest BCUT2D eigenvalue weighted by Crippen LogP contribution is -2.57. The molecule has 2 saturated heterocycles. The topological polar surface area (TPSA) is 49.9 Å². The average molecular weight is 373 g/mol. The predicted molar refractivity (Wildman–Crippen MR) is 105 cm³/mol. The standard InChI is InChI=1S/C22H32N2O3/c1-3-13-24-20(25)17-19(21(26)27-2)22(24)11-15-23(16-12-22)14-7-10-18-8-5-4-6-9-18/h4-6,8-9,19H,3,7,10-17H2,1-2H3. The molecule has 0 aliphatic carbocycles. The maximum absolute atomic E-state index is 12.6. The van der Waals surface area contributed by atoms with Gasteiger partial charge in [0, 0.05) is 26.1 Å². The Kier molecular flexibility index (Phi) is 6.53. The molecule has 3 rings (SSSR count). The van der Waals surface area contributed by atoms with E-state index in [1.54, 1.807) is 0 Å². The van der Waals surface area contributed by atoms with Crippen molar-refractivity contribution in [1.29, 1.82) is 0 Å². The summed E-state index contributed by atoms with van der Waals surface area (Å²) >= 11 is 0. The van der Waals surface area contributed by atoms with Gasteiger partial charge in [-0.05, 0) is 44.2 Å². The van der Waals surface area contributed by atoms with Crippen molar-refractivity contribution in [2.75, 3.05) is 33.3 Å². The Morgan fingerprint density at radius 1 is 1.19 bits per heavy atom. The summed E-state index contributed by atoms with van der Waals surface area (Å²) in [5.74, 6) is -0.419. The number of amides is 1. The van der Waals surface area contributed by atoms with Crippen molar-refractivity contribution in [3.8, 4) is 0 Å². The molecule has 2 fully saturated rings. The van der Waals surface area contributed by atoms with E-state index in [1.807, 2.05) is 4.90 Å².